The van der Waals surface area contributed by atoms with Gasteiger partial charge in [0.25, 0.3) is 5.91 Å². The first-order valence-corrected chi connectivity index (χ1v) is 13.9. The van der Waals surface area contributed by atoms with E-state index in [1.165, 1.54) is 4.90 Å². The maximum atomic E-state index is 14.0. The van der Waals surface area contributed by atoms with E-state index < -0.39 is 54.1 Å². The number of amides is 2. The van der Waals surface area contributed by atoms with Gasteiger partial charge in [0.1, 0.15) is 30.0 Å². The Morgan fingerprint density at radius 1 is 0.878 bits per heavy atom. The molecule has 4 heterocycles. The summed E-state index contributed by atoms with van der Waals surface area (Å²) < 4.78 is 35.4. The van der Waals surface area contributed by atoms with Gasteiger partial charge in [0, 0.05) is 5.69 Å². The molecule has 0 spiro atoms. The smallest absolute Gasteiger partial charge is 0.411 e. The number of benzene rings is 2. The fourth-order valence-electron chi connectivity index (χ4n) is 6.06. The molecule has 41 heavy (non-hydrogen) atoms. The van der Waals surface area contributed by atoms with Gasteiger partial charge in [-0.3, -0.25) is 9.69 Å². The number of anilines is 1. The summed E-state index contributed by atoms with van der Waals surface area (Å²) in [6.45, 7) is 7.79. The van der Waals surface area contributed by atoms with E-state index in [0.29, 0.717) is 11.4 Å². The second-order valence-electron chi connectivity index (χ2n) is 11.6. The van der Waals surface area contributed by atoms with Crippen LogP contribution < -0.4 is 9.64 Å². The van der Waals surface area contributed by atoms with Crippen LogP contribution in [0.15, 0.2) is 60.7 Å². The van der Waals surface area contributed by atoms with Crippen LogP contribution in [0.5, 0.6) is 5.75 Å². The largest absolute Gasteiger partial charge is 0.497 e. The van der Waals surface area contributed by atoms with Crippen LogP contribution in [0, 0.1) is 0 Å². The molecule has 2 aromatic carbocycles. The predicted octanol–water partition coefficient (Wildman–Crippen LogP) is 3.98. The Labute approximate surface area is 239 Å². The number of hydrogen-bond donors (Lipinski definition) is 0. The first kappa shape index (κ1) is 27.7. The van der Waals surface area contributed by atoms with Crippen molar-refractivity contribution in [3.05, 3.63) is 66.2 Å². The van der Waals surface area contributed by atoms with Gasteiger partial charge < -0.3 is 33.3 Å². The summed E-state index contributed by atoms with van der Waals surface area (Å²) in [7, 11) is 1.59. The molecule has 10 nitrogen and oxygen atoms in total. The van der Waals surface area contributed by atoms with Crippen molar-refractivity contribution in [1.82, 2.24) is 4.90 Å². The maximum absolute atomic E-state index is 14.0. The Kier molecular flexibility index (Phi) is 7.05. The van der Waals surface area contributed by atoms with E-state index in [-0.39, 0.29) is 19.1 Å². The second kappa shape index (κ2) is 10.4. The fraction of sp³-hybridized carbons (Fsp3) is 0.484. The first-order chi connectivity index (χ1) is 19.6. The average molecular weight is 565 g/mol. The van der Waals surface area contributed by atoms with Gasteiger partial charge in [0.2, 0.25) is 0 Å². The number of rotatable bonds is 7. The van der Waals surface area contributed by atoms with E-state index in [2.05, 4.69) is 0 Å². The van der Waals surface area contributed by atoms with Crippen LogP contribution in [-0.2, 0) is 28.5 Å². The summed E-state index contributed by atoms with van der Waals surface area (Å²) in [6.07, 6.45) is 1.56. The van der Waals surface area contributed by atoms with E-state index in [1.54, 1.807) is 12.0 Å². The van der Waals surface area contributed by atoms with Crippen LogP contribution >= 0.6 is 0 Å². The molecule has 0 N–H and O–H groups in total. The Balaban J connectivity index is 1.36. The van der Waals surface area contributed by atoms with Gasteiger partial charge >= 0.3 is 6.09 Å². The number of β-lactam (4-membered cyclic amide) rings is 1. The summed E-state index contributed by atoms with van der Waals surface area (Å²) in [6, 6.07) is 15.2. The van der Waals surface area contributed by atoms with Crippen molar-refractivity contribution in [2.75, 3.05) is 25.2 Å². The highest BCUT2D eigenvalue weighted by molar-refractivity contribution is 6.08. The van der Waals surface area contributed by atoms with E-state index in [0.717, 1.165) is 5.56 Å². The second-order valence-corrected chi connectivity index (χ2v) is 11.6. The molecule has 6 rings (SSSR count). The van der Waals surface area contributed by atoms with Gasteiger partial charge in [-0.2, -0.15) is 0 Å². The number of ether oxygens (including phenoxy) is 6. The third-order valence-corrected chi connectivity index (χ3v) is 7.96. The van der Waals surface area contributed by atoms with Gasteiger partial charge in [0.05, 0.1) is 26.4 Å². The van der Waals surface area contributed by atoms with Crippen molar-refractivity contribution in [2.45, 2.75) is 75.7 Å². The molecule has 4 fully saturated rings. The first-order valence-electron chi connectivity index (χ1n) is 13.9. The third-order valence-electron chi connectivity index (χ3n) is 7.96. The molecular weight excluding hydrogens is 528 g/mol. The minimum atomic E-state index is -0.843. The Hall–Kier alpha value is -3.44. The minimum absolute atomic E-state index is 0.220. The predicted molar refractivity (Wildman–Crippen MR) is 149 cm³/mol. The van der Waals surface area contributed by atoms with Gasteiger partial charge in [-0.05, 0) is 57.5 Å². The van der Waals surface area contributed by atoms with Crippen LogP contribution in [0.1, 0.15) is 33.3 Å². The van der Waals surface area contributed by atoms with Gasteiger partial charge in [-0.15, -0.1) is 0 Å². The van der Waals surface area contributed by atoms with E-state index in [1.807, 2.05) is 94.4 Å². The Morgan fingerprint density at radius 2 is 1.51 bits per heavy atom. The van der Waals surface area contributed by atoms with Crippen molar-refractivity contribution < 1.29 is 38.0 Å². The lowest BCUT2D eigenvalue weighted by Gasteiger charge is -2.50. The maximum Gasteiger partial charge on any atom is 0.411 e. The Bertz CT molecular complexity index is 1310. The Morgan fingerprint density at radius 3 is 2.10 bits per heavy atom. The quantitative estimate of drug-likeness (QED) is 0.466. The molecule has 4 aliphatic heterocycles. The molecule has 0 bridgehead atoms. The van der Waals surface area contributed by atoms with Crippen LogP contribution in [0.3, 0.4) is 0 Å². The fourth-order valence-corrected chi connectivity index (χ4v) is 6.06. The van der Waals surface area contributed by atoms with Crippen LogP contribution in [0.2, 0.25) is 0 Å². The molecule has 2 amide bonds. The number of carbonyl (C=O) groups excluding carboxylic acids is 2. The average Bonchev–Trinajstić information content (AvgIpc) is 3.60. The zero-order valence-corrected chi connectivity index (χ0v) is 23.9. The molecule has 0 saturated carbocycles. The van der Waals surface area contributed by atoms with E-state index in [9.17, 15) is 9.59 Å². The van der Waals surface area contributed by atoms with Gasteiger partial charge in [-0.1, -0.05) is 42.5 Å². The van der Waals surface area contributed by atoms with Gasteiger partial charge in [0.15, 0.2) is 17.7 Å². The monoisotopic (exact) mass is 564 g/mol. The zero-order valence-electron chi connectivity index (χ0n) is 23.9. The molecule has 0 aromatic heterocycles. The lowest BCUT2D eigenvalue weighted by Crippen LogP contribution is -2.73. The van der Waals surface area contributed by atoms with E-state index in [4.69, 9.17) is 28.4 Å². The summed E-state index contributed by atoms with van der Waals surface area (Å²) in [5, 5.41) is 0. The van der Waals surface area contributed by atoms with Crippen molar-refractivity contribution in [3.63, 3.8) is 0 Å². The lowest BCUT2D eigenvalue weighted by molar-refractivity contribution is -0.163. The standard InChI is InChI=1S/C31H36N2O8/c1-30(2)37-17-23(40-30)26-27(24-18-38-31(3,4)41-24)39-29(35)33(26)25-22(16-11-19-9-7-6-8-10-19)32(28(25)34)20-12-14-21(36-5)15-13-20/h6-16,22-27H,17-18H2,1-5H3/b16-11+/t22-,23?,24?,25+,26+,27+/m1/s1. The summed E-state index contributed by atoms with van der Waals surface area (Å²) >= 11 is 0. The van der Waals surface area contributed by atoms with E-state index >= 15 is 0 Å². The number of methoxy groups -OCH3 is 1. The zero-order chi connectivity index (χ0) is 28.9. The highest BCUT2D eigenvalue weighted by Gasteiger charge is 2.63. The van der Waals surface area contributed by atoms with Crippen LogP contribution in [0.25, 0.3) is 6.08 Å². The molecule has 218 valence electrons. The van der Waals surface area contributed by atoms with Crippen molar-refractivity contribution in [3.8, 4) is 5.75 Å². The molecule has 10 heteroatoms. The molecule has 4 aliphatic rings. The number of carbonyl (C=O) groups is 2. The highest BCUT2D eigenvalue weighted by Crippen LogP contribution is 2.42. The molecule has 0 aliphatic carbocycles. The number of hydrogen-bond acceptors (Lipinski definition) is 8. The molecule has 2 aromatic rings. The topological polar surface area (TPSA) is 96.0 Å². The van der Waals surface area contributed by atoms with Crippen molar-refractivity contribution >= 4 is 23.8 Å². The SMILES string of the molecule is COc1ccc(N2C(=O)[C@@H](N3C(=O)O[C@@H](C4COC(C)(C)O4)[C@@H]3C3COC(C)(C)O3)[C@H]2/C=C/c2ccccc2)cc1. The molecule has 0 radical (unpaired) electrons. The van der Waals surface area contributed by atoms with Gasteiger partial charge in [-0.25, -0.2) is 4.79 Å². The number of cyclic esters (lactones) is 1. The lowest BCUT2D eigenvalue weighted by atomic mass is 9.88. The summed E-state index contributed by atoms with van der Waals surface area (Å²) in [4.78, 5) is 30.9. The molecule has 4 saturated heterocycles. The van der Waals surface area contributed by atoms with Crippen molar-refractivity contribution in [1.29, 1.82) is 0 Å². The third kappa shape index (κ3) is 5.21. The minimum Gasteiger partial charge on any atom is -0.497 e. The molecule has 6 atom stereocenters. The van der Waals surface area contributed by atoms with Crippen molar-refractivity contribution in [2.24, 2.45) is 0 Å². The van der Waals surface area contributed by atoms with Crippen LogP contribution in [-0.4, -0.2) is 85.2 Å². The molecular formula is C31H36N2O8. The number of nitrogens with zero attached hydrogens (tertiary/aromatic N) is 2. The summed E-state index contributed by atoms with van der Waals surface area (Å²) in [5.74, 6) is -1.20. The normalized spacial score (nSPS) is 32.4. The van der Waals surface area contributed by atoms with Crippen LogP contribution in [0.4, 0.5) is 10.5 Å². The molecule has 2 unspecified atom stereocenters. The highest BCUT2D eigenvalue weighted by atomic mass is 16.8. The summed E-state index contributed by atoms with van der Waals surface area (Å²) in [5.41, 5.74) is 1.68.